The number of rotatable bonds is 5. The van der Waals surface area contributed by atoms with Crippen LogP contribution in [0.5, 0.6) is 5.75 Å². The van der Waals surface area contributed by atoms with Gasteiger partial charge < -0.3 is 9.47 Å². The van der Waals surface area contributed by atoms with Crippen LogP contribution in [0.4, 0.5) is 5.69 Å². The summed E-state index contributed by atoms with van der Waals surface area (Å²) in [7, 11) is 0. The van der Waals surface area contributed by atoms with Crippen molar-refractivity contribution in [3.63, 3.8) is 0 Å². The van der Waals surface area contributed by atoms with Gasteiger partial charge in [0.25, 0.3) is 5.91 Å². The highest BCUT2D eigenvalue weighted by Crippen LogP contribution is 2.38. The molecule has 28 heavy (non-hydrogen) atoms. The van der Waals surface area contributed by atoms with Gasteiger partial charge in [0.2, 0.25) is 0 Å². The van der Waals surface area contributed by atoms with Crippen LogP contribution in [0.15, 0.2) is 42.5 Å². The predicted octanol–water partition coefficient (Wildman–Crippen LogP) is 3.56. The van der Waals surface area contributed by atoms with Crippen molar-refractivity contribution in [2.45, 2.75) is 33.3 Å². The fourth-order valence-corrected chi connectivity index (χ4v) is 3.04. The van der Waals surface area contributed by atoms with E-state index in [0.717, 1.165) is 5.56 Å². The maximum Gasteiger partial charge on any atom is 0.338 e. The van der Waals surface area contributed by atoms with Gasteiger partial charge in [-0.25, -0.2) is 4.79 Å². The SMILES string of the molecule is CCOC(=O)c1ccc2c(c1)N(CC(=O)c1ccc(C)cc1)C(=O)C(C)(C)O2. The number of ether oxygens (including phenoxy) is 2. The average Bonchev–Trinajstić information content (AvgIpc) is 2.65. The van der Waals surface area contributed by atoms with E-state index in [0.29, 0.717) is 22.6 Å². The summed E-state index contributed by atoms with van der Waals surface area (Å²) in [6.07, 6.45) is 0. The van der Waals surface area contributed by atoms with Crippen LogP contribution in [0, 0.1) is 6.92 Å². The molecule has 0 aliphatic carbocycles. The molecule has 6 nitrogen and oxygen atoms in total. The Morgan fingerprint density at radius 3 is 2.36 bits per heavy atom. The summed E-state index contributed by atoms with van der Waals surface area (Å²) < 4.78 is 10.8. The summed E-state index contributed by atoms with van der Waals surface area (Å²) in [5, 5.41) is 0. The molecule has 0 aromatic heterocycles. The number of hydrogen-bond acceptors (Lipinski definition) is 5. The Bertz CT molecular complexity index is 930. The molecular formula is C22H23NO5. The Hall–Kier alpha value is -3.15. The summed E-state index contributed by atoms with van der Waals surface area (Å²) in [5.74, 6) is -0.596. The maximum atomic E-state index is 13.0. The van der Waals surface area contributed by atoms with E-state index >= 15 is 0 Å². The number of anilines is 1. The lowest BCUT2D eigenvalue weighted by atomic mass is 10.0. The maximum absolute atomic E-state index is 13.0. The van der Waals surface area contributed by atoms with Gasteiger partial charge >= 0.3 is 5.97 Å². The van der Waals surface area contributed by atoms with Crippen molar-refractivity contribution in [2.24, 2.45) is 0 Å². The molecule has 0 fully saturated rings. The third kappa shape index (κ3) is 3.76. The molecule has 0 atom stereocenters. The molecule has 1 aliphatic heterocycles. The van der Waals surface area contributed by atoms with Crippen LogP contribution in [0.1, 0.15) is 47.1 Å². The molecule has 1 amide bonds. The minimum Gasteiger partial charge on any atom is -0.476 e. The summed E-state index contributed by atoms with van der Waals surface area (Å²) in [5.41, 5.74) is 1.13. The largest absolute Gasteiger partial charge is 0.476 e. The van der Waals surface area contributed by atoms with Gasteiger partial charge in [-0.2, -0.15) is 0 Å². The molecule has 146 valence electrons. The number of fused-ring (bicyclic) bond motifs is 1. The molecule has 0 radical (unpaired) electrons. The second-order valence-electron chi connectivity index (χ2n) is 7.20. The van der Waals surface area contributed by atoms with Crippen LogP contribution in [0.3, 0.4) is 0 Å². The standard InChI is InChI=1S/C22H23NO5/c1-5-27-20(25)16-10-11-19-17(12-16)23(21(26)22(3,4)28-19)13-18(24)15-8-6-14(2)7-9-15/h6-12H,5,13H2,1-4H3. The van der Waals surface area contributed by atoms with E-state index in [2.05, 4.69) is 0 Å². The fourth-order valence-electron chi connectivity index (χ4n) is 3.04. The van der Waals surface area contributed by atoms with Crippen LogP contribution < -0.4 is 9.64 Å². The van der Waals surface area contributed by atoms with Gasteiger partial charge in [0.1, 0.15) is 5.75 Å². The van der Waals surface area contributed by atoms with E-state index < -0.39 is 11.6 Å². The number of amides is 1. The van der Waals surface area contributed by atoms with Gasteiger partial charge in [-0.05, 0) is 45.9 Å². The van der Waals surface area contributed by atoms with Gasteiger partial charge in [0.15, 0.2) is 11.4 Å². The van der Waals surface area contributed by atoms with Crippen molar-refractivity contribution >= 4 is 23.3 Å². The number of esters is 1. The predicted molar refractivity (Wildman–Crippen MR) is 105 cm³/mol. The lowest BCUT2D eigenvalue weighted by Gasteiger charge is -2.38. The fraction of sp³-hybridized carbons (Fsp3) is 0.318. The first-order valence-corrected chi connectivity index (χ1v) is 9.15. The van der Waals surface area contributed by atoms with Gasteiger partial charge in [0.05, 0.1) is 24.4 Å². The molecule has 0 N–H and O–H groups in total. The highest BCUT2D eigenvalue weighted by atomic mass is 16.5. The first-order chi connectivity index (χ1) is 13.2. The lowest BCUT2D eigenvalue weighted by molar-refractivity contribution is -0.132. The highest BCUT2D eigenvalue weighted by Gasteiger charge is 2.42. The summed E-state index contributed by atoms with van der Waals surface area (Å²) >= 11 is 0. The normalized spacial score (nSPS) is 14.9. The van der Waals surface area contributed by atoms with Crippen molar-refractivity contribution in [3.8, 4) is 5.75 Å². The smallest absolute Gasteiger partial charge is 0.338 e. The van der Waals surface area contributed by atoms with E-state index in [1.165, 1.54) is 11.0 Å². The molecule has 0 spiro atoms. The number of benzene rings is 2. The van der Waals surface area contributed by atoms with E-state index in [1.54, 1.807) is 45.0 Å². The van der Waals surface area contributed by atoms with E-state index in [9.17, 15) is 14.4 Å². The molecule has 0 bridgehead atoms. The highest BCUT2D eigenvalue weighted by molar-refractivity contribution is 6.10. The number of ketones is 1. The van der Waals surface area contributed by atoms with Crippen molar-refractivity contribution < 1.29 is 23.9 Å². The molecule has 0 saturated heterocycles. The molecule has 2 aromatic carbocycles. The number of hydrogen-bond donors (Lipinski definition) is 0. The quantitative estimate of drug-likeness (QED) is 0.585. The first-order valence-electron chi connectivity index (χ1n) is 9.15. The zero-order chi connectivity index (χ0) is 20.5. The van der Waals surface area contributed by atoms with E-state index in [4.69, 9.17) is 9.47 Å². The number of carbonyl (C=O) groups is 3. The number of carbonyl (C=O) groups excluding carboxylic acids is 3. The van der Waals surface area contributed by atoms with Crippen molar-refractivity contribution in [1.29, 1.82) is 0 Å². The number of nitrogens with zero attached hydrogens (tertiary/aromatic N) is 1. The molecule has 0 saturated carbocycles. The van der Waals surface area contributed by atoms with Gasteiger partial charge in [-0.3, -0.25) is 14.5 Å². The second kappa shape index (κ2) is 7.46. The van der Waals surface area contributed by atoms with Crippen molar-refractivity contribution in [3.05, 3.63) is 59.2 Å². The minimum atomic E-state index is -1.12. The molecule has 1 aliphatic rings. The summed E-state index contributed by atoms with van der Waals surface area (Å²) in [6.45, 7) is 7.07. The molecule has 2 aromatic rings. The first kappa shape index (κ1) is 19.6. The van der Waals surface area contributed by atoms with Crippen molar-refractivity contribution in [2.75, 3.05) is 18.1 Å². The lowest BCUT2D eigenvalue weighted by Crippen LogP contribution is -2.53. The van der Waals surface area contributed by atoms with Crippen LogP contribution >= 0.6 is 0 Å². The van der Waals surface area contributed by atoms with Gasteiger partial charge in [-0.1, -0.05) is 29.8 Å². The Morgan fingerprint density at radius 2 is 1.71 bits per heavy atom. The minimum absolute atomic E-state index is 0.145. The van der Waals surface area contributed by atoms with Crippen molar-refractivity contribution in [1.82, 2.24) is 0 Å². The Labute approximate surface area is 164 Å². The summed E-state index contributed by atoms with van der Waals surface area (Å²) in [6, 6.07) is 11.9. The molecule has 0 unspecified atom stereocenters. The number of Topliss-reactive ketones (excluding diaryl/α,β-unsaturated/α-hetero) is 1. The molecule has 1 heterocycles. The van der Waals surface area contributed by atoms with Crippen LogP contribution in [-0.2, 0) is 9.53 Å². The molecule has 6 heteroatoms. The third-order valence-corrected chi connectivity index (χ3v) is 4.56. The zero-order valence-electron chi connectivity index (χ0n) is 16.4. The van der Waals surface area contributed by atoms with E-state index in [-0.39, 0.29) is 24.8 Å². The van der Waals surface area contributed by atoms with Gasteiger partial charge in [-0.15, -0.1) is 0 Å². The monoisotopic (exact) mass is 381 g/mol. The summed E-state index contributed by atoms with van der Waals surface area (Å²) in [4.78, 5) is 39.2. The Kier molecular flexibility index (Phi) is 5.23. The topological polar surface area (TPSA) is 72.9 Å². The Morgan fingerprint density at radius 1 is 1.07 bits per heavy atom. The average molecular weight is 381 g/mol. The van der Waals surface area contributed by atoms with E-state index in [1.807, 2.05) is 19.1 Å². The Balaban J connectivity index is 1.98. The third-order valence-electron chi connectivity index (χ3n) is 4.56. The number of aryl methyl sites for hydroxylation is 1. The second-order valence-corrected chi connectivity index (χ2v) is 7.20. The van der Waals surface area contributed by atoms with Crippen LogP contribution in [0.2, 0.25) is 0 Å². The molecular weight excluding hydrogens is 358 g/mol. The van der Waals surface area contributed by atoms with Crippen LogP contribution in [-0.4, -0.2) is 36.4 Å². The van der Waals surface area contributed by atoms with Crippen LogP contribution in [0.25, 0.3) is 0 Å². The molecule has 3 rings (SSSR count). The van der Waals surface area contributed by atoms with Gasteiger partial charge in [0, 0.05) is 5.56 Å². The zero-order valence-corrected chi connectivity index (χ0v) is 16.4.